The van der Waals surface area contributed by atoms with E-state index in [1.54, 1.807) is 0 Å². The highest BCUT2D eigenvalue weighted by atomic mass is 16.3. The van der Waals surface area contributed by atoms with Gasteiger partial charge in [-0.2, -0.15) is 0 Å². The van der Waals surface area contributed by atoms with Crippen LogP contribution >= 0.6 is 0 Å². The van der Waals surface area contributed by atoms with E-state index in [0.29, 0.717) is 0 Å². The molecule has 0 spiro atoms. The minimum atomic E-state index is 0.921. The van der Waals surface area contributed by atoms with Crippen molar-refractivity contribution >= 4 is 54.3 Å². The molecule has 0 bridgehead atoms. The van der Waals surface area contributed by atoms with Crippen molar-refractivity contribution in [3.05, 3.63) is 164 Å². The van der Waals surface area contributed by atoms with Gasteiger partial charge in [0.25, 0.3) is 0 Å². The molecule has 0 aliphatic rings. The summed E-state index contributed by atoms with van der Waals surface area (Å²) >= 11 is 0. The molecular formula is C45H27NO. The number of para-hydroxylation sites is 2. The molecule has 0 saturated carbocycles. The normalized spacial score (nSPS) is 11.8. The summed E-state index contributed by atoms with van der Waals surface area (Å²) < 4.78 is 6.34. The Labute approximate surface area is 271 Å². The number of aromatic nitrogens is 1. The maximum absolute atomic E-state index is 6.34. The van der Waals surface area contributed by atoms with Crippen LogP contribution in [0.4, 0.5) is 0 Å². The molecule has 0 fully saturated rings. The van der Waals surface area contributed by atoms with Gasteiger partial charge in [-0.15, -0.1) is 0 Å². The second kappa shape index (κ2) is 10.1. The summed E-state index contributed by atoms with van der Waals surface area (Å²) in [5.41, 5.74) is 11.1. The van der Waals surface area contributed by atoms with Gasteiger partial charge in [0.1, 0.15) is 11.2 Å². The number of furan rings is 1. The van der Waals surface area contributed by atoms with Crippen LogP contribution in [0.15, 0.2) is 168 Å². The number of nitrogens with zero attached hydrogens (tertiary/aromatic N) is 1. The third-order valence-electron chi connectivity index (χ3n) is 9.73. The Morgan fingerprint density at radius 2 is 0.915 bits per heavy atom. The topological polar surface area (TPSA) is 26.0 Å². The molecule has 10 aromatic rings. The fourth-order valence-electron chi connectivity index (χ4n) is 7.46. The van der Waals surface area contributed by atoms with E-state index < -0.39 is 0 Å². The average molecular weight is 598 g/mol. The number of hydrogen-bond acceptors (Lipinski definition) is 2. The predicted octanol–water partition coefficient (Wildman–Crippen LogP) is 12.5. The second-order valence-corrected chi connectivity index (χ2v) is 12.3. The van der Waals surface area contributed by atoms with Crippen LogP contribution in [0.1, 0.15) is 0 Å². The fraction of sp³-hybridized carbons (Fsp3) is 0. The summed E-state index contributed by atoms with van der Waals surface area (Å²) in [6.45, 7) is 0. The molecule has 2 nitrogen and oxygen atoms in total. The lowest BCUT2D eigenvalue weighted by Gasteiger charge is -2.17. The number of hydrogen-bond donors (Lipinski definition) is 0. The van der Waals surface area contributed by atoms with Crippen molar-refractivity contribution in [3.63, 3.8) is 0 Å². The first-order chi connectivity index (χ1) is 23.3. The molecule has 0 amide bonds. The first-order valence-corrected chi connectivity index (χ1v) is 16.0. The van der Waals surface area contributed by atoms with Crippen LogP contribution in [0.5, 0.6) is 0 Å². The van der Waals surface area contributed by atoms with Crippen molar-refractivity contribution in [2.24, 2.45) is 0 Å². The molecule has 218 valence electrons. The van der Waals surface area contributed by atoms with Crippen LogP contribution in [0.3, 0.4) is 0 Å². The first-order valence-electron chi connectivity index (χ1n) is 16.0. The summed E-state index contributed by atoms with van der Waals surface area (Å²) in [6, 6.07) is 56.7. The van der Waals surface area contributed by atoms with Crippen LogP contribution < -0.4 is 0 Å². The molecule has 2 heteroatoms. The number of benzene rings is 8. The van der Waals surface area contributed by atoms with Gasteiger partial charge in [0, 0.05) is 28.1 Å². The number of fused-ring (bicyclic) bond motifs is 3. The highest BCUT2D eigenvalue weighted by Gasteiger charge is 2.16. The molecule has 0 unspecified atom stereocenters. The average Bonchev–Trinajstić information content (AvgIpc) is 3.53. The summed E-state index contributed by atoms with van der Waals surface area (Å²) in [7, 11) is 0. The van der Waals surface area contributed by atoms with Crippen molar-refractivity contribution in [1.29, 1.82) is 0 Å². The number of pyridine rings is 1. The Morgan fingerprint density at radius 1 is 0.362 bits per heavy atom. The standard InChI is InChI=1S/C45H27NO/c1-2-10-42-37(6-1)40-8-5-7-36(45(40)47-42)30-13-11-28(12-14-30)34-23-19-32-22-26-39-35(24-20-33-21-25-38(34)43(32)44(33)39)29-15-17-31(18-16-29)41-9-3-4-27-46-41/h1-27H. The second-order valence-electron chi connectivity index (χ2n) is 12.3. The largest absolute Gasteiger partial charge is 0.455 e. The van der Waals surface area contributed by atoms with Crippen LogP contribution in [-0.4, -0.2) is 4.98 Å². The Morgan fingerprint density at radius 3 is 1.55 bits per heavy atom. The monoisotopic (exact) mass is 597 g/mol. The molecule has 0 atom stereocenters. The molecule has 0 radical (unpaired) electrons. The van der Waals surface area contributed by atoms with Gasteiger partial charge in [-0.3, -0.25) is 4.98 Å². The zero-order valence-corrected chi connectivity index (χ0v) is 25.4. The van der Waals surface area contributed by atoms with Gasteiger partial charge in [-0.05, 0) is 78.3 Å². The van der Waals surface area contributed by atoms with E-state index in [2.05, 4.69) is 138 Å². The van der Waals surface area contributed by atoms with E-state index in [1.807, 2.05) is 30.5 Å². The zero-order valence-electron chi connectivity index (χ0n) is 25.4. The number of rotatable bonds is 4. The lowest BCUT2D eigenvalue weighted by molar-refractivity contribution is 0.670. The minimum absolute atomic E-state index is 0.921. The van der Waals surface area contributed by atoms with Crippen LogP contribution in [-0.2, 0) is 0 Å². The molecule has 0 aliphatic heterocycles. The summed E-state index contributed by atoms with van der Waals surface area (Å²) in [5.74, 6) is 0. The van der Waals surface area contributed by atoms with Crippen molar-refractivity contribution in [2.45, 2.75) is 0 Å². The van der Waals surface area contributed by atoms with Gasteiger partial charge >= 0.3 is 0 Å². The lowest BCUT2D eigenvalue weighted by Crippen LogP contribution is -1.90. The van der Waals surface area contributed by atoms with E-state index >= 15 is 0 Å². The maximum atomic E-state index is 6.34. The lowest BCUT2D eigenvalue weighted by atomic mass is 9.87. The van der Waals surface area contributed by atoms with Crippen LogP contribution in [0, 0.1) is 0 Å². The smallest absolute Gasteiger partial charge is 0.143 e. The molecule has 0 N–H and O–H groups in total. The molecule has 2 heterocycles. The molecule has 0 saturated heterocycles. The van der Waals surface area contributed by atoms with E-state index in [4.69, 9.17) is 4.42 Å². The van der Waals surface area contributed by atoms with Gasteiger partial charge in [-0.25, -0.2) is 0 Å². The fourth-order valence-corrected chi connectivity index (χ4v) is 7.46. The van der Waals surface area contributed by atoms with Gasteiger partial charge in [-0.1, -0.05) is 140 Å². The third-order valence-corrected chi connectivity index (χ3v) is 9.73. The maximum Gasteiger partial charge on any atom is 0.143 e. The third kappa shape index (κ3) is 4.02. The Bertz CT molecular complexity index is 2760. The van der Waals surface area contributed by atoms with E-state index in [9.17, 15) is 0 Å². The van der Waals surface area contributed by atoms with Crippen LogP contribution in [0.25, 0.3) is 98.9 Å². The van der Waals surface area contributed by atoms with E-state index in [0.717, 1.165) is 44.3 Å². The van der Waals surface area contributed by atoms with Gasteiger partial charge in [0.15, 0.2) is 0 Å². The SMILES string of the molecule is c1ccc(-c2ccc(-c3ccc4ccc5c(-c6ccc(-c7cccc8c7oc7ccccc78)cc6)ccc6ccc3c4c65)cc2)nc1. The summed E-state index contributed by atoms with van der Waals surface area (Å²) in [4.78, 5) is 4.53. The van der Waals surface area contributed by atoms with Crippen LogP contribution in [0.2, 0.25) is 0 Å². The Kier molecular flexibility index (Phi) is 5.61. The van der Waals surface area contributed by atoms with Gasteiger partial charge in [0.05, 0.1) is 5.69 Å². The summed E-state index contributed by atoms with van der Waals surface area (Å²) in [6.07, 6.45) is 1.84. The van der Waals surface area contributed by atoms with Gasteiger partial charge < -0.3 is 4.42 Å². The molecule has 8 aromatic carbocycles. The Balaban J connectivity index is 1.08. The molecule has 47 heavy (non-hydrogen) atoms. The molecular weight excluding hydrogens is 571 g/mol. The molecule has 10 rings (SSSR count). The highest BCUT2D eigenvalue weighted by molar-refractivity contribution is 6.27. The Hall–Kier alpha value is -6.25. The van der Waals surface area contributed by atoms with Gasteiger partial charge in [0.2, 0.25) is 0 Å². The molecule has 2 aromatic heterocycles. The summed E-state index contributed by atoms with van der Waals surface area (Å²) in [5, 5.41) is 10.0. The minimum Gasteiger partial charge on any atom is -0.455 e. The van der Waals surface area contributed by atoms with E-state index in [1.165, 1.54) is 54.6 Å². The van der Waals surface area contributed by atoms with Crippen molar-refractivity contribution in [2.75, 3.05) is 0 Å². The first kappa shape index (κ1) is 26.0. The predicted molar refractivity (Wildman–Crippen MR) is 197 cm³/mol. The quantitative estimate of drug-likeness (QED) is 0.189. The highest BCUT2D eigenvalue weighted by Crippen LogP contribution is 2.43. The van der Waals surface area contributed by atoms with Crippen molar-refractivity contribution in [3.8, 4) is 44.6 Å². The van der Waals surface area contributed by atoms with Crippen molar-refractivity contribution in [1.82, 2.24) is 4.98 Å². The van der Waals surface area contributed by atoms with Crippen molar-refractivity contribution < 1.29 is 4.42 Å². The molecule has 0 aliphatic carbocycles. The van der Waals surface area contributed by atoms with E-state index in [-0.39, 0.29) is 0 Å². The zero-order chi connectivity index (χ0) is 30.9.